The van der Waals surface area contributed by atoms with E-state index in [1.54, 1.807) is 12.3 Å². The van der Waals surface area contributed by atoms with Crippen molar-refractivity contribution < 1.29 is 9.57 Å². The number of hydrogen-bond donors (Lipinski definition) is 0. The van der Waals surface area contributed by atoms with Crippen LogP contribution in [0.5, 0.6) is 5.75 Å². The highest BCUT2D eigenvalue weighted by Gasteiger charge is 2.20. The van der Waals surface area contributed by atoms with Crippen molar-refractivity contribution in [2.75, 3.05) is 31.2 Å². The van der Waals surface area contributed by atoms with E-state index < -0.39 is 0 Å². The monoisotopic (exact) mass is 402 g/mol. The van der Waals surface area contributed by atoms with Gasteiger partial charge in [-0.3, -0.25) is 0 Å². The Morgan fingerprint density at radius 1 is 1.21 bits per heavy atom. The predicted octanol–water partition coefficient (Wildman–Crippen LogP) is 4.58. The van der Waals surface area contributed by atoms with Crippen molar-refractivity contribution >= 4 is 23.6 Å². The first kappa shape index (κ1) is 20.4. The highest BCUT2D eigenvalue weighted by atomic mass is 35.5. The van der Waals surface area contributed by atoms with E-state index in [0.29, 0.717) is 11.8 Å². The molecule has 6 nitrogen and oxygen atoms in total. The van der Waals surface area contributed by atoms with Crippen LogP contribution >= 0.6 is 11.6 Å². The Morgan fingerprint density at radius 3 is 2.82 bits per heavy atom. The van der Waals surface area contributed by atoms with Gasteiger partial charge in [0.2, 0.25) is 0 Å². The molecular weight excluding hydrogens is 376 g/mol. The van der Waals surface area contributed by atoms with E-state index in [1.807, 2.05) is 37.3 Å². The van der Waals surface area contributed by atoms with Crippen molar-refractivity contribution in [2.45, 2.75) is 32.6 Å². The number of halogens is 1. The molecule has 1 fully saturated rings. The van der Waals surface area contributed by atoms with Gasteiger partial charge in [-0.25, -0.2) is 0 Å². The lowest BCUT2D eigenvalue weighted by molar-refractivity contribution is 0.160. The van der Waals surface area contributed by atoms with Gasteiger partial charge in [0, 0.05) is 13.1 Å². The number of rotatable bonds is 9. The van der Waals surface area contributed by atoms with Gasteiger partial charge >= 0.3 is 0 Å². The molecule has 0 atom stereocenters. The third-order valence-corrected chi connectivity index (χ3v) is 5.05. The maximum atomic E-state index is 5.90. The van der Waals surface area contributed by atoms with Crippen molar-refractivity contribution in [3.8, 4) is 5.75 Å². The third-order valence-electron chi connectivity index (χ3n) is 4.85. The Hall–Kier alpha value is -2.34. The van der Waals surface area contributed by atoms with Crippen LogP contribution in [0.1, 0.15) is 38.2 Å². The summed E-state index contributed by atoms with van der Waals surface area (Å²) < 4.78 is 5.90. The maximum Gasteiger partial charge on any atom is 0.151 e. The Labute approximate surface area is 171 Å². The number of benzene rings is 1. The largest absolute Gasteiger partial charge is 0.494 e. The van der Waals surface area contributed by atoms with Gasteiger partial charge in [0.25, 0.3) is 0 Å². The lowest BCUT2D eigenvalue weighted by Crippen LogP contribution is -2.34. The van der Waals surface area contributed by atoms with Crippen LogP contribution in [-0.4, -0.2) is 42.7 Å². The molecule has 2 heterocycles. The number of ether oxygens (including phenoxy) is 1. The lowest BCUT2D eigenvalue weighted by atomic mass is 9.92. The van der Waals surface area contributed by atoms with Crippen LogP contribution < -0.4 is 9.64 Å². The minimum absolute atomic E-state index is 0.436. The van der Waals surface area contributed by atoms with Crippen LogP contribution in [0.2, 0.25) is 5.15 Å². The fourth-order valence-electron chi connectivity index (χ4n) is 3.35. The molecule has 1 aliphatic heterocycles. The average molecular weight is 403 g/mol. The molecule has 1 saturated heterocycles. The number of nitrogens with zero attached hydrogens (tertiary/aromatic N) is 4. The molecule has 2 aromatic rings. The first-order valence-corrected chi connectivity index (χ1v) is 10.2. The van der Waals surface area contributed by atoms with Crippen LogP contribution in [-0.2, 0) is 4.84 Å². The smallest absolute Gasteiger partial charge is 0.151 e. The fourth-order valence-corrected chi connectivity index (χ4v) is 3.45. The predicted molar refractivity (Wildman–Crippen MR) is 112 cm³/mol. The van der Waals surface area contributed by atoms with Crippen LogP contribution in [0.4, 0.5) is 5.82 Å². The normalized spacial score (nSPS) is 15.1. The second-order valence-corrected chi connectivity index (χ2v) is 7.25. The molecule has 0 unspecified atom stereocenters. The fraction of sp³-hybridized carbons (Fsp3) is 0.476. The Kier molecular flexibility index (Phi) is 7.91. The van der Waals surface area contributed by atoms with Gasteiger partial charge in [0.1, 0.15) is 12.4 Å². The van der Waals surface area contributed by atoms with Crippen LogP contribution in [0.3, 0.4) is 0 Å². The van der Waals surface area contributed by atoms with E-state index in [0.717, 1.165) is 49.2 Å². The van der Waals surface area contributed by atoms with Gasteiger partial charge in [-0.2, -0.15) is 0 Å². The number of oxime groups is 1. The van der Waals surface area contributed by atoms with E-state index in [1.165, 1.54) is 19.3 Å². The molecule has 0 bridgehead atoms. The summed E-state index contributed by atoms with van der Waals surface area (Å²) in [6, 6.07) is 11.6. The highest BCUT2D eigenvalue weighted by Crippen LogP contribution is 2.25. The first-order valence-electron chi connectivity index (χ1n) is 9.87. The number of hydrogen-bond acceptors (Lipinski definition) is 6. The van der Waals surface area contributed by atoms with Gasteiger partial charge in [-0.15, -0.1) is 10.2 Å². The summed E-state index contributed by atoms with van der Waals surface area (Å²) in [5.41, 5.74) is 0.976. The first-order chi connectivity index (χ1) is 13.7. The summed E-state index contributed by atoms with van der Waals surface area (Å²) in [5, 5.41) is 12.4. The molecule has 0 amide bonds. The molecule has 3 rings (SSSR count). The molecular formula is C21H27ClN4O2. The van der Waals surface area contributed by atoms with E-state index in [-0.39, 0.29) is 0 Å². The van der Waals surface area contributed by atoms with Gasteiger partial charge in [-0.05, 0) is 68.4 Å². The SMILES string of the molecule is CCON=Cc1cccc(OCCCC2CCN(c3ccc(Cl)nn3)CC2)c1. The summed E-state index contributed by atoms with van der Waals surface area (Å²) in [6.07, 6.45) is 6.30. The summed E-state index contributed by atoms with van der Waals surface area (Å²) in [4.78, 5) is 7.28. The maximum absolute atomic E-state index is 5.90. The Balaban J connectivity index is 1.35. The van der Waals surface area contributed by atoms with E-state index in [9.17, 15) is 0 Å². The number of anilines is 1. The molecule has 150 valence electrons. The zero-order valence-electron chi connectivity index (χ0n) is 16.3. The van der Waals surface area contributed by atoms with Crippen molar-refractivity contribution in [1.29, 1.82) is 0 Å². The zero-order valence-corrected chi connectivity index (χ0v) is 17.0. The molecule has 0 aliphatic carbocycles. The van der Waals surface area contributed by atoms with Crippen LogP contribution in [0.15, 0.2) is 41.6 Å². The minimum Gasteiger partial charge on any atom is -0.494 e. The number of piperidine rings is 1. The second-order valence-electron chi connectivity index (χ2n) is 6.86. The molecule has 0 spiro atoms. The quantitative estimate of drug-likeness (QED) is 0.349. The summed E-state index contributed by atoms with van der Waals surface area (Å²) in [6.45, 7) is 5.24. The zero-order chi connectivity index (χ0) is 19.6. The number of aromatic nitrogens is 2. The Bertz CT molecular complexity index is 746. The van der Waals surface area contributed by atoms with Crippen LogP contribution in [0.25, 0.3) is 0 Å². The van der Waals surface area contributed by atoms with Gasteiger partial charge in [0.05, 0.1) is 12.8 Å². The Morgan fingerprint density at radius 2 is 2.07 bits per heavy atom. The van der Waals surface area contributed by atoms with Gasteiger partial charge < -0.3 is 14.5 Å². The topological polar surface area (TPSA) is 59.8 Å². The van der Waals surface area contributed by atoms with Gasteiger partial charge in [0.15, 0.2) is 11.0 Å². The van der Waals surface area contributed by atoms with E-state index in [2.05, 4.69) is 20.3 Å². The lowest BCUT2D eigenvalue weighted by Gasteiger charge is -2.32. The molecule has 0 N–H and O–H groups in total. The summed E-state index contributed by atoms with van der Waals surface area (Å²) in [7, 11) is 0. The summed E-state index contributed by atoms with van der Waals surface area (Å²) >= 11 is 5.81. The third kappa shape index (κ3) is 6.37. The molecule has 1 aromatic heterocycles. The average Bonchev–Trinajstić information content (AvgIpc) is 2.73. The van der Waals surface area contributed by atoms with Crippen molar-refractivity contribution in [3.63, 3.8) is 0 Å². The van der Waals surface area contributed by atoms with Crippen molar-refractivity contribution in [2.24, 2.45) is 11.1 Å². The van der Waals surface area contributed by atoms with Crippen molar-refractivity contribution in [1.82, 2.24) is 10.2 Å². The molecule has 0 radical (unpaired) electrons. The van der Waals surface area contributed by atoms with Gasteiger partial charge in [-0.1, -0.05) is 28.9 Å². The molecule has 7 heteroatoms. The molecule has 0 saturated carbocycles. The van der Waals surface area contributed by atoms with E-state index in [4.69, 9.17) is 21.2 Å². The van der Waals surface area contributed by atoms with E-state index >= 15 is 0 Å². The molecule has 1 aliphatic rings. The van der Waals surface area contributed by atoms with Crippen molar-refractivity contribution in [3.05, 3.63) is 47.1 Å². The second kappa shape index (κ2) is 10.9. The highest BCUT2D eigenvalue weighted by molar-refractivity contribution is 6.29. The standard InChI is InChI=1S/C21H27ClN4O2/c1-2-28-23-16-18-5-3-7-19(15-18)27-14-4-6-17-10-12-26(13-11-17)21-9-8-20(22)24-25-21/h3,5,7-9,15-17H,2,4,6,10-14H2,1H3. The minimum atomic E-state index is 0.436. The molecule has 1 aromatic carbocycles. The summed E-state index contributed by atoms with van der Waals surface area (Å²) in [5.74, 6) is 2.53. The molecule has 28 heavy (non-hydrogen) atoms. The van der Waals surface area contributed by atoms with Crippen LogP contribution in [0, 0.1) is 5.92 Å².